The van der Waals surface area contributed by atoms with E-state index < -0.39 is 0 Å². The van der Waals surface area contributed by atoms with Gasteiger partial charge < -0.3 is 9.84 Å². The number of carbonyl (C=O) groups excluding carboxylic acids is 1. The van der Waals surface area contributed by atoms with Gasteiger partial charge in [-0.1, -0.05) is 62.6 Å². The first-order valence-corrected chi connectivity index (χ1v) is 7.34. The number of benzene rings is 1. The lowest BCUT2D eigenvalue weighted by Gasteiger charge is -1.96. The van der Waals surface area contributed by atoms with E-state index in [0.717, 1.165) is 25.7 Å². The zero-order chi connectivity index (χ0) is 15.6. The molecule has 0 aliphatic heterocycles. The van der Waals surface area contributed by atoms with Gasteiger partial charge in [-0.2, -0.15) is 0 Å². The number of aliphatic hydroxyl groups excluding tert-OH is 1. The van der Waals surface area contributed by atoms with Gasteiger partial charge in [-0.3, -0.25) is 4.79 Å². The minimum atomic E-state index is -0.182. The molecule has 0 atom stereocenters. The summed E-state index contributed by atoms with van der Waals surface area (Å²) in [5.74, 6) is -0.182. The van der Waals surface area contributed by atoms with E-state index in [-0.39, 0.29) is 5.97 Å². The van der Waals surface area contributed by atoms with Gasteiger partial charge in [0.05, 0.1) is 6.61 Å². The van der Waals surface area contributed by atoms with E-state index in [9.17, 15) is 4.79 Å². The highest BCUT2D eigenvalue weighted by Gasteiger charge is 1.88. The number of rotatable bonds is 5. The number of aryl methyl sites for hydroxylation is 1. The van der Waals surface area contributed by atoms with Crippen molar-refractivity contribution in [1.82, 2.24) is 0 Å². The lowest BCUT2D eigenvalue weighted by molar-refractivity contribution is -0.141. The Hall–Kier alpha value is -1.35. The summed E-state index contributed by atoms with van der Waals surface area (Å²) < 4.78 is 4.64. The van der Waals surface area contributed by atoms with Gasteiger partial charge in [-0.15, -0.1) is 0 Å². The minimum Gasteiger partial charge on any atom is -0.466 e. The summed E-state index contributed by atoms with van der Waals surface area (Å²) in [5, 5.41) is 8.07. The predicted molar refractivity (Wildman–Crippen MR) is 84.7 cm³/mol. The van der Waals surface area contributed by atoms with Crippen molar-refractivity contribution in [2.75, 3.05) is 13.2 Å². The number of hydrogen-bond acceptors (Lipinski definition) is 3. The molecule has 1 rings (SSSR count). The summed E-state index contributed by atoms with van der Waals surface area (Å²) >= 11 is 0. The Labute approximate surface area is 124 Å². The zero-order valence-electron chi connectivity index (χ0n) is 13.4. The van der Waals surface area contributed by atoms with E-state index in [1.54, 1.807) is 0 Å². The highest BCUT2D eigenvalue weighted by Crippen LogP contribution is 1.92. The van der Waals surface area contributed by atoms with Crippen molar-refractivity contribution >= 4 is 5.97 Å². The molecule has 0 spiro atoms. The van der Waals surface area contributed by atoms with Crippen LogP contribution in [0.15, 0.2) is 30.3 Å². The molecule has 0 saturated heterocycles. The second kappa shape index (κ2) is 17.6. The molecule has 0 aliphatic rings. The molecule has 1 aromatic carbocycles. The molecule has 0 unspecified atom stereocenters. The van der Waals surface area contributed by atoms with E-state index in [1.807, 2.05) is 18.2 Å². The molecular weight excluding hydrogens is 252 g/mol. The fourth-order valence-electron chi connectivity index (χ4n) is 1.05. The monoisotopic (exact) mass is 282 g/mol. The van der Waals surface area contributed by atoms with Crippen LogP contribution in [0.4, 0.5) is 0 Å². The fourth-order valence-corrected chi connectivity index (χ4v) is 1.05. The van der Waals surface area contributed by atoms with Crippen LogP contribution in [-0.2, 0) is 9.53 Å². The van der Waals surface area contributed by atoms with Crippen molar-refractivity contribution < 1.29 is 14.6 Å². The molecule has 20 heavy (non-hydrogen) atoms. The Morgan fingerprint density at radius 2 is 1.65 bits per heavy atom. The van der Waals surface area contributed by atoms with Crippen molar-refractivity contribution in [2.45, 2.75) is 53.4 Å². The Bertz CT molecular complexity index is 294. The van der Waals surface area contributed by atoms with Crippen molar-refractivity contribution in [3.8, 4) is 0 Å². The number of ether oxygens (including phenoxy) is 1. The lowest BCUT2D eigenvalue weighted by Crippen LogP contribution is -1.99. The van der Waals surface area contributed by atoms with Crippen molar-refractivity contribution in [1.29, 1.82) is 0 Å². The number of hydrogen-bond donors (Lipinski definition) is 1. The van der Waals surface area contributed by atoms with Crippen LogP contribution < -0.4 is 0 Å². The average molecular weight is 282 g/mol. The second-order valence-corrected chi connectivity index (χ2v) is 4.43. The summed E-state index contributed by atoms with van der Waals surface area (Å²) in [6, 6.07) is 10.3. The van der Waals surface area contributed by atoms with Crippen LogP contribution in [0.5, 0.6) is 0 Å². The molecular formula is C17H30O3. The van der Waals surface area contributed by atoms with Crippen LogP contribution in [0.2, 0.25) is 0 Å². The lowest BCUT2D eigenvalue weighted by atomic mass is 10.2. The molecule has 1 aromatic rings. The smallest absolute Gasteiger partial charge is 0.302 e. The SMILES string of the molecule is CCCCO.CCCCOC(C)=O.Cc1ccccc1. The van der Waals surface area contributed by atoms with Gasteiger partial charge in [-0.05, 0) is 19.8 Å². The quantitative estimate of drug-likeness (QED) is 0.652. The van der Waals surface area contributed by atoms with Crippen molar-refractivity contribution in [3.63, 3.8) is 0 Å². The van der Waals surface area contributed by atoms with Gasteiger partial charge in [0.2, 0.25) is 0 Å². The Morgan fingerprint density at radius 3 is 1.90 bits per heavy atom. The molecule has 0 radical (unpaired) electrons. The van der Waals surface area contributed by atoms with Gasteiger partial charge in [0.15, 0.2) is 0 Å². The van der Waals surface area contributed by atoms with Crippen molar-refractivity contribution in [3.05, 3.63) is 35.9 Å². The molecule has 0 bridgehead atoms. The highest BCUT2D eigenvalue weighted by atomic mass is 16.5. The maximum absolute atomic E-state index is 10.1. The Kier molecular flexibility index (Phi) is 18.5. The van der Waals surface area contributed by atoms with Gasteiger partial charge in [0.25, 0.3) is 0 Å². The Morgan fingerprint density at radius 1 is 1.10 bits per heavy atom. The largest absolute Gasteiger partial charge is 0.466 e. The van der Waals surface area contributed by atoms with Crippen LogP contribution >= 0.6 is 0 Å². The number of esters is 1. The first kappa shape index (κ1) is 21.0. The zero-order valence-corrected chi connectivity index (χ0v) is 13.4. The maximum atomic E-state index is 10.1. The van der Waals surface area contributed by atoms with E-state index in [4.69, 9.17) is 5.11 Å². The molecule has 0 saturated carbocycles. The minimum absolute atomic E-state index is 0.182. The predicted octanol–water partition coefficient (Wildman–Crippen LogP) is 4.12. The van der Waals surface area contributed by atoms with E-state index in [2.05, 4.69) is 37.6 Å². The van der Waals surface area contributed by atoms with Crippen LogP contribution in [-0.4, -0.2) is 24.3 Å². The number of unbranched alkanes of at least 4 members (excludes halogenated alkanes) is 2. The van der Waals surface area contributed by atoms with Crippen LogP contribution in [0.1, 0.15) is 52.0 Å². The molecule has 0 fully saturated rings. The first-order chi connectivity index (χ1) is 9.58. The molecule has 0 aliphatic carbocycles. The van der Waals surface area contributed by atoms with E-state index >= 15 is 0 Å². The number of aliphatic hydroxyl groups is 1. The van der Waals surface area contributed by atoms with Gasteiger partial charge in [0.1, 0.15) is 0 Å². The average Bonchev–Trinajstić information content (AvgIpc) is 2.42. The van der Waals surface area contributed by atoms with Gasteiger partial charge in [-0.25, -0.2) is 0 Å². The summed E-state index contributed by atoms with van der Waals surface area (Å²) in [4.78, 5) is 10.1. The third-order valence-electron chi connectivity index (χ3n) is 2.26. The molecule has 0 heterocycles. The standard InChI is InChI=1S/C7H8.C6H12O2.C4H10O/c1-7-5-3-2-4-6-7;1-3-4-5-8-6(2)7;1-2-3-4-5/h2-6H,1H3;3-5H2,1-2H3;5H,2-4H2,1H3. The summed E-state index contributed by atoms with van der Waals surface area (Å²) in [6.45, 7) is 8.54. The molecule has 116 valence electrons. The van der Waals surface area contributed by atoms with Crippen LogP contribution in [0.25, 0.3) is 0 Å². The summed E-state index contributed by atoms with van der Waals surface area (Å²) in [6.07, 6.45) is 4.09. The molecule has 3 heteroatoms. The Balaban J connectivity index is 0. The van der Waals surface area contributed by atoms with Gasteiger partial charge in [0, 0.05) is 13.5 Å². The third kappa shape index (κ3) is 21.9. The third-order valence-corrected chi connectivity index (χ3v) is 2.26. The second-order valence-electron chi connectivity index (χ2n) is 4.43. The molecule has 0 aromatic heterocycles. The molecule has 3 nitrogen and oxygen atoms in total. The maximum Gasteiger partial charge on any atom is 0.302 e. The first-order valence-electron chi connectivity index (χ1n) is 7.34. The summed E-state index contributed by atoms with van der Waals surface area (Å²) in [7, 11) is 0. The highest BCUT2D eigenvalue weighted by molar-refractivity contribution is 5.65. The van der Waals surface area contributed by atoms with Crippen molar-refractivity contribution in [2.24, 2.45) is 0 Å². The van der Waals surface area contributed by atoms with Gasteiger partial charge >= 0.3 is 5.97 Å². The number of carbonyl (C=O) groups is 1. The fraction of sp³-hybridized carbons (Fsp3) is 0.588. The topological polar surface area (TPSA) is 46.5 Å². The normalized spacial score (nSPS) is 8.65. The van der Waals surface area contributed by atoms with E-state index in [0.29, 0.717) is 13.2 Å². The van der Waals surface area contributed by atoms with E-state index in [1.165, 1.54) is 12.5 Å². The summed E-state index contributed by atoms with van der Waals surface area (Å²) in [5.41, 5.74) is 1.32. The molecule has 0 amide bonds. The van der Waals surface area contributed by atoms with Crippen LogP contribution in [0.3, 0.4) is 0 Å². The van der Waals surface area contributed by atoms with Crippen LogP contribution in [0, 0.1) is 6.92 Å². The molecule has 1 N–H and O–H groups in total.